The molecule has 1 heterocycles. The third-order valence-corrected chi connectivity index (χ3v) is 4.87. The summed E-state index contributed by atoms with van der Waals surface area (Å²) in [5.41, 5.74) is 2.55. The standard InChI is InChI=1S/C15H19BrN2O2.ClH/c1-9-14(17-7-8-20-9)15(19)18-13-6-5-10-11(13)3-2-4-12(10)16;/h2-4,9,13-14,17H,5-8H2,1H3,(H,18,19);1H/t9-,13?,14+;/m1./s1. The zero-order chi connectivity index (χ0) is 14.1. The van der Waals surface area contributed by atoms with Crippen LogP contribution >= 0.6 is 28.3 Å². The highest BCUT2D eigenvalue weighted by molar-refractivity contribution is 9.10. The van der Waals surface area contributed by atoms with Crippen LogP contribution < -0.4 is 10.6 Å². The first-order valence-electron chi connectivity index (χ1n) is 7.09. The minimum atomic E-state index is -0.250. The second kappa shape index (κ2) is 7.09. The van der Waals surface area contributed by atoms with E-state index < -0.39 is 0 Å². The fourth-order valence-corrected chi connectivity index (χ4v) is 3.63. The molecule has 6 heteroatoms. The Morgan fingerprint density at radius 3 is 3.05 bits per heavy atom. The molecule has 21 heavy (non-hydrogen) atoms. The first-order chi connectivity index (χ1) is 9.66. The van der Waals surface area contributed by atoms with Gasteiger partial charge in [-0.3, -0.25) is 4.79 Å². The van der Waals surface area contributed by atoms with Crippen LogP contribution in [0.25, 0.3) is 0 Å². The SMILES string of the molecule is C[C@H]1OCCN[C@@H]1C(=O)NC1CCc2c(Br)cccc21.Cl. The Morgan fingerprint density at radius 2 is 2.29 bits per heavy atom. The number of nitrogens with one attached hydrogen (secondary N) is 2. The lowest BCUT2D eigenvalue weighted by atomic mass is 10.1. The summed E-state index contributed by atoms with van der Waals surface area (Å²) in [4.78, 5) is 12.4. The quantitative estimate of drug-likeness (QED) is 0.834. The minimum Gasteiger partial charge on any atom is -0.375 e. The van der Waals surface area contributed by atoms with Gasteiger partial charge in [0.05, 0.1) is 18.8 Å². The largest absolute Gasteiger partial charge is 0.375 e. The van der Waals surface area contributed by atoms with E-state index in [2.05, 4.69) is 38.7 Å². The van der Waals surface area contributed by atoms with E-state index in [1.165, 1.54) is 11.1 Å². The van der Waals surface area contributed by atoms with E-state index in [0.717, 1.165) is 23.9 Å². The topological polar surface area (TPSA) is 50.4 Å². The highest BCUT2D eigenvalue weighted by atomic mass is 79.9. The van der Waals surface area contributed by atoms with E-state index in [0.29, 0.717) is 6.61 Å². The van der Waals surface area contributed by atoms with Gasteiger partial charge in [-0.2, -0.15) is 0 Å². The summed E-state index contributed by atoms with van der Waals surface area (Å²) in [6.45, 7) is 3.34. The molecular weight excluding hydrogens is 356 g/mol. The fourth-order valence-electron chi connectivity index (χ4n) is 3.05. The molecule has 1 aromatic rings. The Hall–Kier alpha value is -0.620. The molecule has 3 atom stereocenters. The maximum atomic E-state index is 12.4. The van der Waals surface area contributed by atoms with E-state index in [4.69, 9.17) is 4.74 Å². The molecule has 1 fully saturated rings. The summed E-state index contributed by atoms with van der Waals surface area (Å²) in [7, 11) is 0. The number of morpholine rings is 1. The van der Waals surface area contributed by atoms with Crippen LogP contribution in [0, 0.1) is 0 Å². The van der Waals surface area contributed by atoms with Gasteiger partial charge in [0.15, 0.2) is 0 Å². The van der Waals surface area contributed by atoms with Crippen LogP contribution in [0.5, 0.6) is 0 Å². The average molecular weight is 376 g/mol. The van der Waals surface area contributed by atoms with Crippen LogP contribution in [0.2, 0.25) is 0 Å². The van der Waals surface area contributed by atoms with E-state index in [9.17, 15) is 4.79 Å². The molecule has 1 saturated heterocycles. The van der Waals surface area contributed by atoms with Gasteiger partial charge in [-0.15, -0.1) is 12.4 Å². The van der Waals surface area contributed by atoms with E-state index in [-0.39, 0.29) is 36.5 Å². The second-order valence-corrected chi connectivity index (χ2v) is 6.27. The molecule has 1 aliphatic carbocycles. The number of fused-ring (bicyclic) bond motifs is 1. The molecule has 1 amide bonds. The van der Waals surface area contributed by atoms with Crippen molar-refractivity contribution >= 4 is 34.2 Å². The zero-order valence-corrected chi connectivity index (χ0v) is 14.3. The molecular formula is C15H20BrClN2O2. The molecule has 2 N–H and O–H groups in total. The normalized spacial score (nSPS) is 27.6. The third kappa shape index (κ3) is 3.42. The number of carbonyl (C=O) groups excluding carboxylic acids is 1. The predicted octanol–water partition coefficient (Wildman–Crippen LogP) is 2.35. The smallest absolute Gasteiger partial charge is 0.240 e. The van der Waals surface area contributed by atoms with Crippen molar-refractivity contribution in [3.8, 4) is 0 Å². The maximum Gasteiger partial charge on any atom is 0.240 e. The highest BCUT2D eigenvalue weighted by Crippen LogP contribution is 2.35. The van der Waals surface area contributed by atoms with Gasteiger partial charge in [-0.1, -0.05) is 28.1 Å². The molecule has 116 valence electrons. The van der Waals surface area contributed by atoms with Gasteiger partial charge in [-0.25, -0.2) is 0 Å². The number of ether oxygens (including phenoxy) is 1. The number of halogens is 2. The van der Waals surface area contributed by atoms with Crippen molar-refractivity contribution in [3.63, 3.8) is 0 Å². The monoisotopic (exact) mass is 374 g/mol. The number of benzene rings is 1. The highest BCUT2D eigenvalue weighted by Gasteiger charge is 2.32. The molecule has 0 radical (unpaired) electrons. The third-order valence-electron chi connectivity index (χ3n) is 4.13. The molecule has 0 bridgehead atoms. The molecule has 4 nitrogen and oxygen atoms in total. The lowest BCUT2D eigenvalue weighted by molar-refractivity contribution is -0.129. The maximum absolute atomic E-state index is 12.4. The Morgan fingerprint density at radius 1 is 1.48 bits per heavy atom. The summed E-state index contributed by atoms with van der Waals surface area (Å²) in [5.74, 6) is 0.0371. The van der Waals surface area contributed by atoms with Gasteiger partial charge in [0.2, 0.25) is 5.91 Å². The van der Waals surface area contributed by atoms with E-state index in [1.807, 2.05) is 13.0 Å². The van der Waals surface area contributed by atoms with Crippen molar-refractivity contribution in [2.45, 2.75) is 38.0 Å². The lowest BCUT2D eigenvalue weighted by Crippen LogP contribution is -2.55. The molecule has 0 spiro atoms. The van der Waals surface area contributed by atoms with Gasteiger partial charge < -0.3 is 15.4 Å². The van der Waals surface area contributed by atoms with Crippen molar-refractivity contribution in [2.75, 3.05) is 13.2 Å². The van der Waals surface area contributed by atoms with Crippen LogP contribution in [0.4, 0.5) is 0 Å². The van der Waals surface area contributed by atoms with Crippen LogP contribution in [0.3, 0.4) is 0 Å². The average Bonchev–Trinajstić information content (AvgIpc) is 2.84. The summed E-state index contributed by atoms with van der Waals surface area (Å²) in [6.07, 6.45) is 1.89. The summed E-state index contributed by atoms with van der Waals surface area (Å²) < 4.78 is 6.67. The Kier molecular flexibility index (Phi) is 5.66. The summed E-state index contributed by atoms with van der Waals surface area (Å²) >= 11 is 3.58. The lowest BCUT2D eigenvalue weighted by Gasteiger charge is -2.30. The molecule has 2 aliphatic rings. The van der Waals surface area contributed by atoms with Crippen LogP contribution in [-0.4, -0.2) is 31.2 Å². The molecule has 1 aliphatic heterocycles. The molecule has 1 aromatic carbocycles. The van der Waals surface area contributed by atoms with Crippen LogP contribution in [0.15, 0.2) is 22.7 Å². The first-order valence-corrected chi connectivity index (χ1v) is 7.89. The first kappa shape index (κ1) is 16.7. The van der Waals surface area contributed by atoms with E-state index in [1.54, 1.807) is 0 Å². The van der Waals surface area contributed by atoms with Crippen molar-refractivity contribution in [1.29, 1.82) is 0 Å². The molecule has 0 saturated carbocycles. The van der Waals surface area contributed by atoms with Crippen LogP contribution in [0.1, 0.15) is 30.5 Å². The number of amides is 1. The van der Waals surface area contributed by atoms with E-state index >= 15 is 0 Å². The summed E-state index contributed by atoms with van der Waals surface area (Å²) in [5, 5.41) is 6.39. The van der Waals surface area contributed by atoms with Crippen LogP contribution in [-0.2, 0) is 16.0 Å². The Balaban J connectivity index is 0.00000161. The van der Waals surface area contributed by atoms with Gasteiger partial charge >= 0.3 is 0 Å². The van der Waals surface area contributed by atoms with Crippen molar-refractivity contribution in [2.24, 2.45) is 0 Å². The van der Waals surface area contributed by atoms with Gasteiger partial charge in [0.1, 0.15) is 6.04 Å². The Bertz CT molecular complexity index is 526. The minimum absolute atomic E-state index is 0. The summed E-state index contributed by atoms with van der Waals surface area (Å²) in [6, 6.07) is 6.05. The van der Waals surface area contributed by atoms with Crippen molar-refractivity contribution in [3.05, 3.63) is 33.8 Å². The zero-order valence-electron chi connectivity index (χ0n) is 11.9. The molecule has 0 aromatic heterocycles. The second-order valence-electron chi connectivity index (χ2n) is 5.42. The number of carbonyl (C=O) groups is 1. The number of hydrogen-bond donors (Lipinski definition) is 2. The van der Waals surface area contributed by atoms with Gasteiger partial charge in [0.25, 0.3) is 0 Å². The molecule has 3 rings (SSSR count). The Labute approximate surface area is 139 Å². The predicted molar refractivity (Wildman–Crippen MR) is 87.8 cm³/mol. The number of hydrogen-bond acceptors (Lipinski definition) is 3. The van der Waals surface area contributed by atoms with Gasteiger partial charge in [-0.05, 0) is 37.0 Å². The van der Waals surface area contributed by atoms with Gasteiger partial charge in [0, 0.05) is 11.0 Å². The number of rotatable bonds is 2. The molecule has 1 unspecified atom stereocenters. The van der Waals surface area contributed by atoms with Crippen molar-refractivity contribution in [1.82, 2.24) is 10.6 Å². The van der Waals surface area contributed by atoms with Crippen molar-refractivity contribution < 1.29 is 9.53 Å². The fraction of sp³-hybridized carbons (Fsp3) is 0.533.